The van der Waals surface area contributed by atoms with E-state index in [0.717, 1.165) is 140 Å². The molecule has 0 aliphatic rings. The van der Waals surface area contributed by atoms with Gasteiger partial charge in [-0.2, -0.15) is 5.26 Å². The number of rotatable bonds is 4. The number of fused-ring (bicyclic) bond motifs is 24. The Morgan fingerprint density at radius 1 is 0.361 bits per heavy atom. The van der Waals surface area contributed by atoms with Crippen LogP contribution < -0.4 is 0 Å². The molecule has 0 amide bonds. The predicted octanol–water partition coefficient (Wildman–Crippen LogP) is 21.1. The van der Waals surface area contributed by atoms with Crippen LogP contribution in [-0.4, -0.2) is 13.7 Å². The molecule has 0 aliphatic carbocycles. The van der Waals surface area contributed by atoms with Gasteiger partial charge in [0.05, 0.1) is 62.3 Å². The zero-order valence-corrected chi connectivity index (χ0v) is 44.5. The van der Waals surface area contributed by atoms with Crippen LogP contribution in [0.2, 0.25) is 0 Å². The van der Waals surface area contributed by atoms with Gasteiger partial charge in [0.15, 0.2) is 16.7 Å². The predicted molar refractivity (Wildman–Crippen MR) is 341 cm³/mol. The number of thiophene rings is 1. The fraction of sp³-hybridized carbons (Fsp3) is 0. The van der Waals surface area contributed by atoms with Crippen molar-refractivity contribution in [2.24, 2.45) is 0 Å². The number of nitrogens with zero attached hydrogens (tertiary/aromatic N) is 5. The van der Waals surface area contributed by atoms with E-state index < -0.39 is 0 Å². The Morgan fingerprint density at radius 3 is 1.22 bits per heavy atom. The minimum atomic E-state index is 0.262. The smallest absolute Gasteiger partial charge is 0.237 e. The molecule has 8 nitrogen and oxygen atoms in total. The highest BCUT2D eigenvalue weighted by molar-refractivity contribution is 7.26. The van der Waals surface area contributed by atoms with Crippen molar-refractivity contribution in [3.8, 4) is 34.3 Å². The van der Waals surface area contributed by atoms with E-state index in [1.54, 1.807) is 11.3 Å². The van der Waals surface area contributed by atoms with Gasteiger partial charge in [-0.3, -0.25) is 0 Å². The van der Waals surface area contributed by atoms with E-state index in [4.69, 9.17) is 18.1 Å². The summed E-state index contributed by atoms with van der Waals surface area (Å²) in [5, 5.41) is 26.6. The first-order valence-corrected chi connectivity index (χ1v) is 28.4. The monoisotopic (exact) mass is 1080 g/mol. The third-order valence-electron chi connectivity index (χ3n) is 17.5. The van der Waals surface area contributed by atoms with Crippen molar-refractivity contribution >= 4 is 168 Å². The van der Waals surface area contributed by atoms with Crippen molar-refractivity contribution < 1.29 is 13.3 Å². The van der Waals surface area contributed by atoms with Gasteiger partial charge in [-0.05, 0) is 60.7 Å². The van der Waals surface area contributed by atoms with Crippen LogP contribution in [0.15, 0.2) is 238 Å². The maximum Gasteiger partial charge on any atom is 0.237 e. The summed E-state index contributed by atoms with van der Waals surface area (Å²) >= 11 is 1.72. The number of benzene rings is 12. The summed E-state index contributed by atoms with van der Waals surface area (Å²) in [6.45, 7) is 10.1. The first-order valence-electron chi connectivity index (χ1n) is 27.6. The van der Waals surface area contributed by atoms with Gasteiger partial charge in [-0.25, -0.2) is 4.85 Å². The molecular formula is C74H37N5O3S. The third-order valence-corrected chi connectivity index (χ3v) is 18.7. The maximum atomic E-state index is 12.8. The molecule has 12 aromatic carbocycles. The van der Waals surface area contributed by atoms with Gasteiger partial charge in [-0.15, -0.1) is 11.3 Å². The second kappa shape index (κ2) is 16.2. The average Bonchev–Trinajstić information content (AvgIpc) is 2.03. The molecule has 0 radical (unpaired) electrons. The molecule has 0 fully saturated rings. The molecule has 19 aromatic rings. The van der Waals surface area contributed by atoms with Gasteiger partial charge in [-0.1, -0.05) is 164 Å². The summed E-state index contributed by atoms with van der Waals surface area (Å²) < 4.78 is 30.2. The second-order valence-electron chi connectivity index (χ2n) is 21.5. The number of nitriles is 1. The van der Waals surface area contributed by atoms with Crippen molar-refractivity contribution in [2.45, 2.75) is 0 Å². The molecule has 19 rings (SSSR count). The molecular weight excluding hydrogens is 1040 g/mol. The highest BCUT2D eigenvalue weighted by atomic mass is 32.1. The van der Waals surface area contributed by atoms with E-state index in [9.17, 15) is 11.8 Å². The van der Waals surface area contributed by atoms with Crippen LogP contribution in [0, 0.1) is 17.9 Å². The minimum absolute atomic E-state index is 0.262. The Balaban J connectivity index is 1.15. The van der Waals surface area contributed by atoms with E-state index >= 15 is 0 Å². The topological polar surface area (TPSA) is 82.4 Å². The Labute approximate surface area is 473 Å². The maximum absolute atomic E-state index is 12.8. The van der Waals surface area contributed by atoms with Crippen molar-refractivity contribution in [2.75, 3.05) is 0 Å². The molecule has 0 atom stereocenters. The molecule has 0 unspecified atom stereocenters. The normalized spacial score (nSPS) is 12.3. The summed E-state index contributed by atoms with van der Waals surface area (Å²) in [5.41, 5.74) is 13.0. The Bertz CT molecular complexity index is 6240. The van der Waals surface area contributed by atoms with Crippen LogP contribution in [0.1, 0.15) is 5.56 Å². The van der Waals surface area contributed by atoms with Crippen LogP contribution in [0.3, 0.4) is 0 Å². The van der Waals surface area contributed by atoms with E-state index in [0.29, 0.717) is 44.9 Å². The number of para-hydroxylation sites is 6. The molecule has 0 N–H and O–H groups in total. The van der Waals surface area contributed by atoms with Crippen molar-refractivity contribution in [1.82, 2.24) is 13.7 Å². The molecule has 7 heterocycles. The molecule has 7 aromatic heterocycles. The molecule has 0 saturated heterocycles. The Kier molecular flexibility index (Phi) is 8.66. The van der Waals surface area contributed by atoms with Crippen LogP contribution in [0.5, 0.6) is 0 Å². The summed E-state index contributed by atoms with van der Waals surface area (Å²) in [7, 11) is 0. The summed E-state index contributed by atoms with van der Waals surface area (Å²) in [6.07, 6.45) is 0. The summed E-state index contributed by atoms with van der Waals surface area (Å²) in [6, 6.07) is 80.7. The number of aromatic nitrogens is 3. The lowest BCUT2D eigenvalue weighted by molar-refractivity contribution is 0.670. The minimum Gasteiger partial charge on any atom is -0.454 e. The Hall–Kier alpha value is -11.4. The van der Waals surface area contributed by atoms with Crippen LogP contribution in [-0.2, 0) is 0 Å². The SMILES string of the molecule is [C-]#[N+]c1c(-n2c3ccccc3c3ccc4c5ccccc5oc4c32)c(C#N)c(-c2cccc3c2sc2ccccc23)c(-n2c3ccccc3c3ccc4c5ccccc5oc4c32)c1-n1c2ccccc2c2ccc3c4ccccc4oc3c21. The van der Waals surface area contributed by atoms with Gasteiger partial charge in [0.25, 0.3) is 0 Å². The van der Waals surface area contributed by atoms with Crippen molar-refractivity contribution in [1.29, 1.82) is 5.26 Å². The van der Waals surface area contributed by atoms with E-state index in [1.165, 1.54) is 0 Å². The molecule has 382 valence electrons. The van der Waals surface area contributed by atoms with Crippen molar-refractivity contribution in [3.05, 3.63) is 241 Å². The van der Waals surface area contributed by atoms with E-state index in [-0.39, 0.29) is 5.69 Å². The molecule has 0 bridgehead atoms. The lowest BCUT2D eigenvalue weighted by atomic mass is 9.92. The average molecular weight is 1080 g/mol. The molecule has 83 heavy (non-hydrogen) atoms. The van der Waals surface area contributed by atoms with Gasteiger partial charge in [0.2, 0.25) is 5.69 Å². The van der Waals surface area contributed by atoms with Crippen LogP contribution in [0.25, 0.3) is 184 Å². The molecule has 0 saturated carbocycles. The second-order valence-corrected chi connectivity index (χ2v) is 22.6. The number of hydrogen-bond acceptors (Lipinski definition) is 5. The number of furan rings is 3. The molecule has 0 aliphatic heterocycles. The van der Waals surface area contributed by atoms with E-state index in [2.05, 4.69) is 184 Å². The number of hydrogen-bond donors (Lipinski definition) is 0. The zero-order chi connectivity index (χ0) is 54.3. The van der Waals surface area contributed by atoms with E-state index in [1.807, 2.05) is 60.7 Å². The highest BCUT2D eigenvalue weighted by Gasteiger charge is 2.36. The summed E-state index contributed by atoms with van der Waals surface area (Å²) in [4.78, 5) is 4.89. The lowest BCUT2D eigenvalue weighted by Crippen LogP contribution is -2.11. The first kappa shape index (κ1) is 44.5. The quantitative estimate of drug-likeness (QED) is 0.164. The van der Waals surface area contributed by atoms with Gasteiger partial charge in [0, 0.05) is 95.9 Å². The zero-order valence-electron chi connectivity index (χ0n) is 43.7. The highest BCUT2D eigenvalue weighted by Crippen LogP contribution is 2.56. The van der Waals surface area contributed by atoms with Gasteiger partial charge >= 0.3 is 0 Å². The van der Waals surface area contributed by atoms with Crippen molar-refractivity contribution in [3.63, 3.8) is 0 Å². The third kappa shape index (κ3) is 5.65. The molecule has 9 heteroatoms. The largest absolute Gasteiger partial charge is 0.454 e. The fourth-order valence-electron chi connectivity index (χ4n) is 14.2. The van der Waals surface area contributed by atoms with Gasteiger partial charge in [0.1, 0.15) is 22.8 Å². The van der Waals surface area contributed by atoms with Crippen LogP contribution in [0.4, 0.5) is 5.69 Å². The summed E-state index contributed by atoms with van der Waals surface area (Å²) in [5.74, 6) is 0. The standard InChI is InChI=1S/C74H37N5O3S/c1-76-64-65(77-56-26-9-2-17-40(56)47-33-36-50-43-20-5-12-29-59(43)80-71(50)66(47)77)55(39-75)63(54-25-16-24-53-46-23-8-15-32-62(46)83-74(53)54)69(78-57-27-10-3-18-41(57)48-34-37-51-44-21-6-13-30-60(44)81-72(51)67(48)78)70(64)79-58-28-11-4-19-42(58)49-35-38-52-45-22-7-14-31-61(45)82-73(52)68(49)79/h2-38H. The lowest BCUT2D eigenvalue weighted by Gasteiger charge is -2.26. The van der Waals surface area contributed by atoms with Gasteiger partial charge < -0.3 is 27.0 Å². The van der Waals surface area contributed by atoms with Crippen LogP contribution >= 0.6 is 11.3 Å². The first-order chi connectivity index (χ1) is 41.1. The Morgan fingerprint density at radius 2 is 0.747 bits per heavy atom. The molecule has 0 spiro atoms. The fourth-order valence-corrected chi connectivity index (χ4v) is 15.4.